The number of hydrogen-bond acceptors (Lipinski definition) is 4. The molecular weight excluding hydrogens is 399 g/mol. The third kappa shape index (κ3) is 4.74. The van der Waals surface area contributed by atoms with Crippen LogP contribution in [-0.4, -0.2) is 53.8 Å². The molecule has 2 amide bonds. The van der Waals surface area contributed by atoms with Crippen molar-refractivity contribution < 1.29 is 18.7 Å². The number of nitrogens with zero attached hydrogens (tertiary/aromatic N) is 3. The first-order valence-electron chi connectivity index (χ1n) is 10.1. The minimum Gasteiger partial charge on any atom is -0.447 e. The van der Waals surface area contributed by atoms with Crippen molar-refractivity contribution in [2.75, 3.05) is 31.6 Å². The Hall–Kier alpha value is -3.68. The van der Waals surface area contributed by atoms with E-state index >= 15 is 0 Å². The van der Waals surface area contributed by atoms with Gasteiger partial charge in [0.05, 0.1) is 12.2 Å². The Morgan fingerprint density at radius 3 is 2.61 bits per heavy atom. The van der Waals surface area contributed by atoms with Crippen molar-refractivity contribution in [1.29, 1.82) is 0 Å². The van der Waals surface area contributed by atoms with Crippen LogP contribution in [0.1, 0.15) is 22.5 Å². The van der Waals surface area contributed by atoms with E-state index in [9.17, 15) is 14.0 Å². The Morgan fingerprint density at radius 2 is 1.94 bits per heavy atom. The molecule has 7 nitrogen and oxygen atoms in total. The Kier molecular flexibility index (Phi) is 5.97. The van der Waals surface area contributed by atoms with E-state index < -0.39 is 0 Å². The Labute approximate surface area is 179 Å². The molecule has 1 aromatic heterocycles. The van der Waals surface area contributed by atoms with Gasteiger partial charge in [0.15, 0.2) is 0 Å². The number of benzene rings is 2. The van der Waals surface area contributed by atoms with Crippen LogP contribution in [0.25, 0.3) is 11.3 Å². The number of cyclic esters (lactones) is 1. The van der Waals surface area contributed by atoms with Gasteiger partial charge in [0.25, 0.3) is 5.91 Å². The smallest absolute Gasteiger partial charge is 0.414 e. The van der Waals surface area contributed by atoms with Crippen LogP contribution in [0.5, 0.6) is 0 Å². The summed E-state index contributed by atoms with van der Waals surface area (Å²) in [5, 5.41) is 7.28. The molecule has 1 fully saturated rings. The quantitative estimate of drug-likeness (QED) is 0.627. The number of ether oxygens (including phenoxy) is 1. The van der Waals surface area contributed by atoms with Crippen LogP contribution in [0, 0.1) is 5.82 Å². The van der Waals surface area contributed by atoms with Crippen molar-refractivity contribution in [3.63, 3.8) is 0 Å². The molecule has 0 bridgehead atoms. The lowest BCUT2D eigenvalue weighted by molar-refractivity contribution is 0.0793. The molecule has 1 N–H and O–H groups in total. The van der Waals surface area contributed by atoms with Gasteiger partial charge in [-0.2, -0.15) is 5.10 Å². The zero-order chi connectivity index (χ0) is 21.8. The van der Waals surface area contributed by atoms with Crippen LogP contribution >= 0.6 is 0 Å². The lowest BCUT2D eigenvalue weighted by Gasteiger charge is -2.18. The van der Waals surface area contributed by atoms with Crippen molar-refractivity contribution in [3.8, 4) is 11.3 Å². The van der Waals surface area contributed by atoms with Crippen LogP contribution in [0.3, 0.4) is 0 Å². The van der Waals surface area contributed by atoms with Crippen LogP contribution in [0.15, 0.2) is 54.6 Å². The van der Waals surface area contributed by atoms with Gasteiger partial charge < -0.3 is 9.64 Å². The average molecular weight is 422 g/mol. The number of rotatable bonds is 7. The summed E-state index contributed by atoms with van der Waals surface area (Å²) >= 11 is 0. The second kappa shape index (κ2) is 8.99. The number of carbonyl (C=O) groups is 2. The predicted molar refractivity (Wildman–Crippen MR) is 114 cm³/mol. The van der Waals surface area contributed by atoms with E-state index in [0.29, 0.717) is 25.3 Å². The summed E-state index contributed by atoms with van der Waals surface area (Å²) < 4.78 is 18.0. The molecule has 8 heteroatoms. The maximum atomic E-state index is 13.1. The zero-order valence-corrected chi connectivity index (χ0v) is 17.2. The van der Waals surface area contributed by atoms with Crippen molar-refractivity contribution in [2.24, 2.45) is 0 Å². The lowest BCUT2D eigenvalue weighted by Crippen LogP contribution is -2.28. The van der Waals surface area contributed by atoms with Crippen LogP contribution in [0.4, 0.5) is 14.9 Å². The monoisotopic (exact) mass is 422 g/mol. The normalized spacial score (nSPS) is 13.4. The SMILES string of the molecule is CN(CCCc1cc(-c2ccc(F)cc2)n[nH]1)C(=O)c1ccc(N2CCOC2=O)cc1. The first-order chi connectivity index (χ1) is 15.0. The summed E-state index contributed by atoms with van der Waals surface area (Å²) in [6.45, 7) is 1.48. The second-order valence-corrected chi connectivity index (χ2v) is 7.43. The molecule has 2 aromatic carbocycles. The van der Waals surface area contributed by atoms with Gasteiger partial charge in [-0.15, -0.1) is 0 Å². The summed E-state index contributed by atoms with van der Waals surface area (Å²) in [4.78, 5) is 27.5. The molecule has 4 rings (SSSR count). The average Bonchev–Trinajstić information content (AvgIpc) is 3.43. The number of carbonyl (C=O) groups excluding carboxylic acids is 2. The van der Waals surface area contributed by atoms with E-state index in [2.05, 4.69) is 10.2 Å². The molecule has 0 atom stereocenters. The highest BCUT2D eigenvalue weighted by molar-refractivity contribution is 5.95. The first-order valence-corrected chi connectivity index (χ1v) is 10.1. The second-order valence-electron chi connectivity index (χ2n) is 7.43. The third-order valence-corrected chi connectivity index (χ3v) is 5.24. The molecule has 0 spiro atoms. The van der Waals surface area contributed by atoms with Crippen LogP contribution in [-0.2, 0) is 11.2 Å². The van der Waals surface area contributed by atoms with Crippen molar-refractivity contribution >= 4 is 17.7 Å². The maximum absolute atomic E-state index is 13.1. The van der Waals surface area contributed by atoms with Gasteiger partial charge in [-0.1, -0.05) is 0 Å². The molecule has 0 saturated carbocycles. The van der Waals surface area contributed by atoms with E-state index in [1.165, 1.54) is 12.1 Å². The molecular formula is C23H23FN4O3. The van der Waals surface area contributed by atoms with Crippen molar-refractivity contribution in [3.05, 3.63) is 71.7 Å². The van der Waals surface area contributed by atoms with Crippen LogP contribution < -0.4 is 4.90 Å². The number of aromatic nitrogens is 2. The van der Waals surface area contributed by atoms with Gasteiger partial charge in [0.2, 0.25) is 0 Å². The maximum Gasteiger partial charge on any atom is 0.414 e. The summed E-state index contributed by atoms with van der Waals surface area (Å²) in [5.74, 6) is -0.354. The molecule has 3 aromatic rings. The molecule has 2 heterocycles. The minimum absolute atomic E-state index is 0.0767. The van der Waals surface area contributed by atoms with Crippen LogP contribution in [0.2, 0.25) is 0 Å². The van der Waals surface area contributed by atoms with E-state index in [4.69, 9.17) is 4.74 Å². The van der Waals surface area contributed by atoms with Gasteiger partial charge in [0, 0.05) is 36.1 Å². The zero-order valence-electron chi connectivity index (χ0n) is 17.2. The van der Waals surface area contributed by atoms with E-state index in [-0.39, 0.29) is 17.8 Å². The topological polar surface area (TPSA) is 78.5 Å². The van der Waals surface area contributed by atoms with E-state index in [1.807, 2.05) is 6.07 Å². The molecule has 0 radical (unpaired) electrons. The molecule has 0 unspecified atom stereocenters. The van der Waals surface area contributed by atoms with Gasteiger partial charge in [-0.05, 0) is 67.4 Å². The fraction of sp³-hybridized carbons (Fsp3) is 0.261. The Morgan fingerprint density at radius 1 is 1.19 bits per heavy atom. The van der Waals surface area contributed by atoms with Gasteiger partial charge in [-0.3, -0.25) is 14.8 Å². The number of nitrogens with one attached hydrogen (secondary N) is 1. The fourth-order valence-electron chi connectivity index (χ4n) is 3.50. The number of aryl methyl sites for hydroxylation is 1. The number of aromatic amines is 1. The lowest BCUT2D eigenvalue weighted by atomic mass is 10.1. The van der Waals surface area contributed by atoms with E-state index in [0.717, 1.165) is 35.5 Å². The van der Waals surface area contributed by atoms with Gasteiger partial charge in [0.1, 0.15) is 12.4 Å². The molecule has 31 heavy (non-hydrogen) atoms. The highest BCUT2D eigenvalue weighted by Crippen LogP contribution is 2.20. The summed E-state index contributed by atoms with van der Waals surface area (Å²) in [7, 11) is 1.77. The molecule has 0 aliphatic carbocycles. The number of amides is 2. The molecule has 1 aliphatic heterocycles. The van der Waals surface area contributed by atoms with Crippen molar-refractivity contribution in [2.45, 2.75) is 12.8 Å². The van der Waals surface area contributed by atoms with Crippen molar-refractivity contribution in [1.82, 2.24) is 15.1 Å². The number of H-pyrrole nitrogens is 1. The largest absolute Gasteiger partial charge is 0.447 e. The van der Waals surface area contributed by atoms with Gasteiger partial charge >= 0.3 is 6.09 Å². The number of anilines is 1. The fourth-order valence-corrected chi connectivity index (χ4v) is 3.50. The molecule has 1 saturated heterocycles. The number of halogens is 1. The highest BCUT2D eigenvalue weighted by atomic mass is 19.1. The molecule has 1 aliphatic rings. The van der Waals surface area contributed by atoms with Gasteiger partial charge in [-0.25, -0.2) is 9.18 Å². The first kappa shape index (κ1) is 20.6. The summed E-state index contributed by atoms with van der Waals surface area (Å²) in [5.41, 5.74) is 3.86. The number of hydrogen-bond donors (Lipinski definition) is 1. The van der Waals surface area contributed by atoms with E-state index in [1.54, 1.807) is 53.2 Å². The minimum atomic E-state index is -0.363. The predicted octanol–water partition coefficient (Wildman–Crippen LogP) is 3.88. The third-order valence-electron chi connectivity index (χ3n) is 5.24. The standard InChI is InChI=1S/C23H23FN4O3/c1-27(22(29)17-6-10-20(11-7-17)28-13-14-31-23(28)30)12-2-3-19-15-21(26-25-19)16-4-8-18(24)9-5-16/h4-11,15H,2-3,12-14H2,1H3,(H,25,26). The highest BCUT2D eigenvalue weighted by Gasteiger charge is 2.23. The summed E-state index contributed by atoms with van der Waals surface area (Å²) in [6, 6.07) is 15.1. The Bertz CT molecular complexity index is 1060. The molecule has 160 valence electrons. The Balaban J connectivity index is 1.28. The summed E-state index contributed by atoms with van der Waals surface area (Å²) in [6.07, 6.45) is 1.14.